The number of benzene rings is 1. The van der Waals surface area contributed by atoms with Gasteiger partial charge in [-0.25, -0.2) is 4.39 Å². The van der Waals surface area contributed by atoms with Gasteiger partial charge in [-0.2, -0.15) is 0 Å². The van der Waals surface area contributed by atoms with Crippen LogP contribution in [0.5, 0.6) is 0 Å². The third kappa shape index (κ3) is 2.29. The minimum atomic E-state index is -0.108. The lowest BCUT2D eigenvalue weighted by Gasteiger charge is -2.05. The first kappa shape index (κ1) is 11.0. The number of hydrogen-bond acceptors (Lipinski definition) is 1. The minimum Gasteiger partial charge on any atom is -0.463 e. The molecule has 0 saturated heterocycles. The maximum absolute atomic E-state index is 13.7. The first-order chi connectivity index (χ1) is 8.24. The summed E-state index contributed by atoms with van der Waals surface area (Å²) in [6.45, 7) is 0. The first-order valence-electron chi connectivity index (χ1n) is 5.76. The summed E-state index contributed by atoms with van der Waals surface area (Å²) in [6.07, 6.45) is 4.93. The Morgan fingerprint density at radius 3 is 2.76 bits per heavy atom. The molecule has 3 heteroatoms. The van der Waals surface area contributed by atoms with E-state index in [0.29, 0.717) is 5.92 Å². The maximum atomic E-state index is 13.7. The van der Waals surface area contributed by atoms with Gasteiger partial charge in [0.15, 0.2) is 0 Å². The number of halogens is 2. The molecule has 0 spiro atoms. The molecule has 0 bridgehead atoms. The lowest BCUT2D eigenvalue weighted by Crippen LogP contribution is -1.93. The van der Waals surface area contributed by atoms with Crippen LogP contribution in [0.1, 0.15) is 18.4 Å². The second-order valence-corrected chi connectivity index (χ2v) is 5.41. The summed E-state index contributed by atoms with van der Waals surface area (Å²) < 4.78 is 20.0. The Labute approximate surface area is 108 Å². The fourth-order valence-electron chi connectivity index (χ4n) is 2.01. The van der Waals surface area contributed by atoms with E-state index in [-0.39, 0.29) is 5.82 Å². The van der Waals surface area contributed by atoms with Gasteiger partial charge in [0.1, 0.15) is 11.6 Å². The van der Waals surface area contributed by atoms with Gasteiger partial charge >= 0.3 is 0 Å². The summed E-state index contributed by atoms with van der Waals surface area (Å²) in [5, 5.41) is 0. The highest BCUT2D eigenvalue weighted by atomic mass is 79.9. The molecular weight excluding hydrogens is 283 g/mol. The molecule has 1 saturated carbocycles. The lowest BCUT2D eigenvalue weighted by molar-refractivity contribution is 0.579. The Morgan fingerprint density at radius 1 is 1.29 bits per heavy atom. The number of furan rings is 1. The van der Waals surface area contributed by atoms with Crippen LogP contribution in [0.4, 0.5) is 4.39 Å². The summed E-state index contributed by atoms with van der Waals surface area (Å²) in [5.41, 5.74) is 1.73. The summed E-state index contributed by atoms with van der Waals surface area (Å²) >= 11 is 3.42. The maximum Gasteiger partial charge on any atom is 0.148 e. The van der Waals surface area contributed by atoms with Crippen LogP contribution in [0.15, 0.2) is 39.4 Å². The van der Waals surface area contributed by atoms with E-state index in [4.69, 9.17) is 4.42 Å². The monoisotopic (exact) mass is 294 g/mol. The van der Waals surface area contributed by atoms with E-state index in [0.717, 1.165) is 27.8 Å². The van der Waals surface area contributed by atoms with Gasteiger partial charge < -0.3 is 4.42 Å². The zero-order chi connectivity index (χ0) is 11.8. The lowest BCUT2D eigenvalue weighted by atomic mass is 10.0. The van der Waals surface area contributed by atoms with Crippen LogP contribution in [0.3, 0.4) is 0 Å². The second kappa shape index (κ2) is 4.30. The minimum absolute atomic E-state index is 0.108. The van der Waals surface area contributed by atoms with Crippen LogP contribution in [0.2, 0.25) is 0 Å². The largest absolute Gasteiger partial charge is 0.463 e. The van der Waals surface area contributed by atoms with Gasteiger partial charge in [0.2, 0.25) is 0 Å². The average molecular weight is 295 g/mol. The van der Waals surface area contributed by atoms with Gasteiger partial charge in [-0.1, -0.05) is 0 Å². The highest BCUT2D eigenvalue weighted by Crippen LogP contribution is 2.35. The topological polar surface area (TPSA) is 13.1 Å². The SMILES string of the molecule is Fc1ccc(-c2occc2Br)cc1CC1CC1. The molecule has 3 rings (SSSR count). The second-order valence-electron chi connectivity index (χ2n) is 4.55. The molecular formula is C14H12BrFO. The van der Waals surface area contributed by atoms with Gasteiger partial charge in [0.25, 0.3) is 0 Å². The summed E-state index contributed by atoms with van der Waals surface area (Å²) in [7, 11) is 0. The predicted molar refractivity (Wildman–Crippen MR) is 68.2 cm³/mol. The molecule has 17 heavy (non-hydrogen) atoms. The molecule has 1 nitrogen and oxygen atoms in total. The van der Waals surface area contributed by atoms with E-state index in [2.05, 4.69) is 15.9 Å². The zero-order valence-electron chi connectivity index (χ0n) is 9.25. The summed E-state index contributed by atoms with van der Waals surface area (Å²) in [6, 6.07) is 7.04. The van der Waals surface area contributed by atoms with Crippen LogP contribution >= 0.6 is 15.9 Å². The van der Waals surface area contributed by atoms with Crippen molar-refractivity contribution in [3.05, 3.63) is 46.4 Å². The Hall–Kier alpha value is -1.09. The number of rotatable bonds is 3. The molecule has 2 aromatic rings. The van der Waals surface area contributed by atoms with Crippen molar-refractivity contribution in [1.29, 1.82) is 0 Å². The third-order valence-electron chi connectivity index (χ3n) is 3.13. The Kier molecular flexibility index (Phi) is 2.79. The van der Waals surface area contributed by atoms with Crippen molar-refractivity contribution in [1.82, 2.24) is 0 Å². The summed E-state index contributed by atoms with van der Waals surface area (Å²) in [4.78, 5) is 0. The van der Waals surface area contributed by atoms with Crippen LogP contribution in [0.25, 0.3) is 11.3 Å². The van der Waals surface area contributed by atoms with Crippen molar-refractivity contribution in [2.75, 3.05) is 0 Å². The van der Waals surface area contributed by atoms with Crippen molar-refractivity contribution in [3.8, 4) is 11.3 Å². The van der Waals surface area contributed by atoms with Crippen molar-refractivity contribution in [3.63, 3.8) is 0 Å². The molecule has 1 aromatic heterocycles. The van der Waals surface area contributed by atoms with Crippen LogP contribution in [0, 0.1) is 11.7 Å². The van der Waals surface area contributed by atoms with Crippen LogP contribution in [-0.2, 0) is 6.42 Å². The van der Waals surface area contributed by atoms with Gasteiger partial charge in [-0.15, -0.1) is 0 Å². The molecule has 1 heterocycles. The average Bonchev–Trinajstić information content (AvgIpc) is 3.03. The number of hydrogen-bond donors (Lipinski definition) is 0. The van der Waals surface area contributed by atoms with E-state index in [9.17, 15) is 4.39 Å². The standard InChI is InChI=1S/C14H12BrFO/c15-12-5-6-17-14(12)10-3-4-13(16)11(8-10)7-9-1-2-9/h3-6,8-9H,1-2,7H2. The Bertz CT molecular complexity index is 543. The molecule has 0 aliphatic heterocycles. The molecule has 1 aliphatic rings. The van der Waals surface area contributed by atoms with Gasteiger partial charge in [-0.3, -0.25) is 0 Å². The van der Waals surface area contributed by atoms with E-state index in [1.54, 1.807) is 12.3 Å². The normalized spacial score (nSPS) is 15.2. The fourth-order valence-corrected chi connectivity index (χ4v) is 2.44. The molecule has 0 radical (unpaired) electrons. The first-order valence-corrected chi connectivity index (χ1v) is 6.55. The van der Waals surface area contributed by atoms with Crippen molar-refractivity contribution < 1.29 is 8.81 Å². The molecule has 1 fully saturated rings. The van der Waals surface area contributed by atoms with E-state index < -0.39 is 0 Å². The van der Waals surface area contributed by atoms with Crippen molar-refractivity contribution in [2.45, 2.75) is 19.3 Å². The predicted octanol–water partition coefficient (Wildman–Crippen LogP) is 4.80. The molecule has 0 atom stereocenters. The fraction of sp³-hybridized carbons (Fsp3) is 0.286. The summed E-state index contributed by atoms with van der Waals surface area (Å²) in [5.74, 6) is 1.34. The van der Waals surface area contributed by atoms with Gasteiger partial charge in [0, 0.05) is 5.56 Å². The van der Waals surface area contributed by atoms with E-state index in [1.165, 1.54) is 18.9 Å². The molecule has 1 aliphatic carbocycles. The van der Waals surface area contributed by atoms with Crippen molar-refractivity contribution >= 4 is 15.9 Å². The zero-order valence-corrected chi connectivity index (χ0v) is 10.8. The van der Waals surface area contributed by atoms with Gasteiger partial charge in [-0.05, 0) is 70.9 Å². The van der Waals surface area contributed by atoms with Crippen LogP contribution < -0.4 is 0 Å². The Balaban J connectivity index is 1.97. The smallest absolute Gasteiger partial charge is 0.148 e. The third-order valence-corrected chi connectivity index (χ3v) is 3.76. The quantitative estimate of drug-likeness (QED) is 0.792. The molecule has 0 N–H and O–H groups in total. The molecule has 88 valence electrons. The highest BCUT2D eigenvalue weighted by molar-refractivity contribution is 9.10. The van der Waals surface area contributed by atoms with Crippen molar-refractivity contribution in [2.24, 2.45) is 5.92 Å². The molecule has 0 unspecified atom stereocenters. The highest BCUT2D eigenvalue weighted by Gasteiger charge is 2.23. The van der Waals surface area contributed by atoms with Gasteiger partial charge in [0.05, 0.1) is 10.7 Å². The molecule has 1 aromatic carbocycles. The van der Waals surface area contributed by atoms with E-state index >= 15 is 0 Å². The Morgan fingerprint density at radius 2 is 2.12 bits per heavy atom. The van der Waals surface area contributed by atoms with Crippen LogP contribution in [-0.4, -0.2) is 0 Å². The van der Waals surface area contributed by atoms with E-state index in [1.807, 2.05) is 12.1 Å². The molecule has 0 amide bonds.